The molecule has 4 rings (SSSR count). The third kappa shape index (κ3) is 5.47. The fraction of sp³-hybridized carbons (Fsp3) is 0.519. The number of likely N-dealkylation sites (tertiary alicyclic amines) is 1. The topological polar surface area (TPSA) is 68.8 Å². The Morgan fingerprint density at radius 2 is 1.97 bits per heavy atom. The standard InChI is InChI=1S/C27H37N5O2/c1-3-30(4-2)20-16-21-11-7-8-18-31(21)19-10-15-25(33)32-24-14-6-5-13-23(24)29-27(34)22-12-9-17-28-26(22)32/h5-6,9,12-14,17,21H,3-4,7-8,10-11,15-16,18-20H2,1-2H3,(H,29,34). The van der Waals surface area contributed by atoms with E-state index in [9.17, 15) is 9.59 Å². The highest BCUT2D eigenvalue weighted by atomic mass is 16.2. The molecule has 2 amide bonds. The fourth-order valence-electron chi connectivity index (χ4n) is 5.18. The Hall–Kier alpha value is -2.77. The molecule has 0 saturated carbocycles. The maximum Gasteiger partial charge on any atom is 0.259 e. The molecule has 1 aromatic carbocycles. The van der Waals surface area contributed by atoms with Crippen molar-refractivity contribution in [1.82, 2.24) is 14.8 Å². The van der Waals surface area contributed by atoms with Crippen molar-refractivity contribution >= 4 is 29.0 Å². The Kier molecular flexibility index (Phi) is 8.29. The van der Waals surface area contributed by atoms with Crippen molar-refractivity contribution in [3.05, 3.63) is 48.2 Å². The van der Waals surface area contributed by atoms with Gasteiger partial charge in [0.25, 0.3) is 5.91 Å². The van der Waals surface area contributed by atoms with Gasteiger partial charge in [0.05, 0.1) is 16.9 Å². The molecule has 1 N–H and O–H groups in total. The van der Waals surface area contributed by atoms with Crippen LogP contribution in [-0.2, 0) is 4.79 Å². The van der Waals surface area contributed by atoms with Crippen molar-refractivity contribution < 1.29 is 9.59 Å². The Balaban J connectivity index is 1.44. The maximum absolute atomic E-state index is 13.5. The number of fused-ring (bicyclic) bond motifs is 2. The lowest BCUT2D eigenvalue weighted by atomic mass is 9.98. The SMILES string of the molecule is CCN(CC)CCC1CCCCN1CCCC(=O)N1c2ccccc2NC(=O)c2cccnc21. The van der Waals surface area contributed by atoms with Crippen LogP contribution in [0, 0.1) is 0 Å². The summed E-state index contributed by atoms with van der Waals surface area (Å²) in [5, 5.41) is 2.92. The van der Waals surface area contributed by atoms with Crippen LogP contribution in [0.4, 0.5) is 17.2 Å². The number of pyridine rings is 1. The molecule has 1 unspecified atom stereocenters. The average molecular weight is 464 g/mol. The number of benzene rings is 1. The number of amides is 2. The van der Waals surface area contributed by atoms with E-state index in [1.54, 1.807) is 23.2 Å². The maximum atomic E-state index is 13.5. The summed E-state index contributed by atoms with van der Waals surface area (Å²) in [5.74, 6) is 0.140. The average Bonchev–Trinajstić information content (AvgIpc) is 2.99. The first-order chi connectivity index (χ1) is 16.6. The van der Waals surface area contributed by atoms with Crippen LogP contribution < -0.4 is 10.2 Å². The van der Waals surface area contributed by atoms with E-state index in [-0.39, 0.29) is 11.8 Å². The first kappa shape index (κ1) is 24.4. The highest BCUT2D eigenvalue weighted by Crippen LogP contribution is 2.37. The smallest absolute Gasteiger partial charge is 0.259 e. The number of nitrogens with one attached hydrogen (secondary N) is 1. The third-order valence-electron chi connectivity index (χ3n) is 7.14. The van der Waals surface area contributed by atoms with Crippen LogP contribution in [0.5, 0.6) is 0 Å². The van der Waals surface area contributed by atoms with Gasteiger partial charge in [-0.1, -0.05) is 32.4 Å². The molecule has 2 aromatic rings. The molecule has 0 bridgehead atoms. The van der Waals surface area contributed by atoms with Crippen LogP contribution in [0.1, 0.15) is 62.7 Å². The number of hydrogen-bond donors (Lipinski definition) is 1. The summed E-state index contributed by atoms with van der Waals surface area (Å²) in [5.41, 5.74) is 1.72. The largest absolute Gasteiger partial charge is 0.320 e. The van der Waals surface area contributed by atoms with Crippen LogP contribution >= 0.6 is 0 Å². The van der Waals surface area contributed by atoms with Crippen molar-refractivity contribution in [1.29, 1.82) is 0 Å². The van der Waals surface area contributed by atoms with Crippen molar-refractivity contribution in [2.75, 3.05) is 42.9 Å². The van der Waals surface area contributed by atoms with E-state index < -0.39 is 0 Å². The fourth-order valence-corrected chi connectivity index (χ4v) is 5.18. The second-order valence-electron chi connectivity index (χ2n) is 9.18. The summed E-state index contributed by atoms with van der Waals surface area (Å²) in [7, 11) is 0. The Morgan fingerprint density at radius 1 is 1.15 bits per heavy atom. The van der Waals surface area contributed by atoms with Gasteiger partial charge in [0.2, 0.25) is 5.91 Å². The zero-order valence-corrected chi connectivity index (χ0v) is 20.5. The van der Waals surface area contributed by atoms with E-state index >= 15 is 0 Å². The Labute approximate surface area is 203 Å². The van der Waals surface area contributed by atoms with E-state index in [2.05, 4.69) is 33.9 Å². The van der Waals surface area contributed by atoms with Gasteiger partial charge in [-0.3, -0.25) is 14.5 Å². The number of rotatable bonds is 9. The van der Waals surface area contributed by atoms with Gasteiger partial charge in [0.15, 0.2) is 5.82 Å². The number of piperidine rings is 1. The minimum Gasteiger partial charge on any atom is -0.320 e. The molecular formula is C27H37N5O2. The predicted octanol–water partition coefficient (Wildman–Crippen LogP) is 4.68. The lowest BCUT2D eigenvalue weighted by molar-refractivity contribution is -0.118. The van der Waals surface area contributed by atoms with Gasteiger partial charge in [-0.25, -0.2) is 4.98 Å². The quantitative estimate of drug-likeness (QED) is 0.585. The molecule has 1 saturated heterocycles. The van der Waals surface area contributed by atoms with Gasteiger partial charge in [-0.05, 0) is 82.7 Å². The Bertz CT molecular complexity index is 990. The zero-order chi connectivity index (χ0) is 23.9. The molecule has 7 heteroatoms. The highest BCUT2D eigenvalue weighted by molar-refractivity contribution is 6.16. The second kappa shape index (κ2) is 11.6. The molecular weight excluding hydrogens is 426 g/mol. The van der Waals surface area contributed by atoms with Gasteiger partial charge in [0, 0.05) is 18.7 Å². The molecule has 1 fully saturated rings. The van der Waals surface area contributed by atoms with Crippen molar-refractivity contribution in [2.24, 2.45) is 0 Å². The zero-order valence-electron chi connectivity index (χ0n) is 20.5. The number of anilines is 3. The van der Waals surface area contributed by atoms with E-state index in [4.69, 9.17) is 0 Å². The lowest BCUT2D eigenvalue weighted by Crippen LogP contribution is -2.42. The van der Waals surface area contributed by atoms with E-state index in [1.807, 2.05) is 24.3 Å². The van der Waals surface area contributed by atoms with E-state index in [1.165, 1.54) is 25.7 Å². The molecule has 3 heterocycles. The van der Waals surface area contributed by atoms with Crippen molar-refractivity contribution in [3.8, 4) is 0 Å². The number of nitrogens with zero attached hydrogens (tertiary/aromatic N) is 4. The summed E-state index contributed by atoms with van der Waals surface area (Å²) in [6, 6.07) is 11.5. The predicted molar refractivity (Wildman–Crippen MR) is 137 cm³/mol. The van der Waals surface area contributed by atoms with Crippen LogP contribution in [0.25, 0.3) is 0 Å². The number of carbonyl (C=O) groups excluding carboxylic acids is 2. The van der Waals surface area contributed by atoms with Crippen molar-refractivity contribution in [3.63, 3.8) is 0 Å². The van der Waals surface area contributed by atoms with Gasteiger partial charge < -0.3 is 15.1 Å². The summed E-state index contributed by atoms with van der Waals surface area (Å²) in [4.78, 5) is 37.4. The van der Waals surface area contributed by atoms with Crippen LogP contribution in [0.15, 0.2) is 42.6 Å². The van der Waals surface area contributed by atoms with E-state index in [0.29, 0.717) is 35.2 Å². The molecule has 182 valence electrons. The summed E-state index contributed by atoms with van der Waals surface area (Å²) >= 11 is 0. The molecule has 1 atom stereocenters. The van der Waals surface area contributed by atoms with Gasteiger partial charge in [0.1, 0.15) is 0 Å². The highest BCUT2D eigenvalue weighted by Gasteiger charge is 2.30. The Morgan fingerprint density at radius 3 is 2.79 bits per heavy atom. The number of aromatic nitrogens is 1. The number of para-hydroxylation sites is 2. The van der Waals surface area contributed by atoms with Gasteiger partial charge >= 0.3 is 0 Å². The van der Waals surface area contributed by atoms with E-state index in [0.717, 1.165) is 39.1 Å². The van der Waals surface area contributed by atoms with Gasteiger partial charge in [-0.15, -0.1) is 0 Å². The van der Waals surface area contributed by atoms with Crippen LogP contribution in [0.3, 0.4) is 0 Å². The molecule has 0 spiro atoms. The number of hydrogen-bond acceptors (Lipinski definition) is 5. The molecule has 2 aliphatic rings. The molecule has 1 aromatic heterocycles. The molecule has 34 heavy (non-hydrogen) atoms. The van der Waals surface area contributed by atoms with Crippen LogP contribution in [-0.4, -0.2) is 65.4 Å². The summed E-state index contributed by atoms with van der Waals surface area (Å²) < 4.78 is 0. The molecule has 0 aliphatic carbocycles. The monoisotopic (exact) mass is 463 g/mol. The first-order valence-corrected chi connectivity index (χ1v) is 12.8. The number of carbonyl (C=O) groups is 2. The summed E-state index contributed by atoms with van der Waals surface area (Å²) in [6.45, 7) is 9.84. The van der Waals surface area contributed by atoms with Crippen molar-refractivity contribution in [2.45, 2.75) is 58.4 Å². The summed E-state index contributed by atoms with van der Waals surface area (Å²) in [6.07, 6.45) is 7.82. The van der Waals surface area contributed by atoms with Gasteiger partial charge in [-0.2, -0.15) is 0 Å². The second-order valence-corrected chi connectivity index (χ2v) is 9.18. The molecule has 2 aliphatic heterocycles. The minimum absolute atomic E-state index is 0.0272. The third-order valence-corrected chi connectivity index (χ3v) is 7.14. The molecule has 7 nitrogen and oxygen atoms in total. The normalized spacial score (nSPS) is 18.3. The molecule has 0 radical (unpaired) electrons. The minimum atomic E-state index is -0.241. The van der Waals surface area contributed by atoms with Crippen LogP contribution in [0.2, 0.25) is 0 Å². The lowest BCUT2D eigenvalue weighted by Gasteiger charge is -2.37. The first-order valence-electron chi connectivity index (χ1n) is 12.8.